The van der Waals surface area contributed by atoms with Gasteiger partial charge in [-0.05, 0) is 48.7 Å². The van der Waals surface area contributed by atoms with Crippen molar-refractivity contribution in [2.24, 2.45) is 11.8 Å². The van der Waals surface area contributed by atoms with Gasteiger partial charge in [-0.2, -0.15) is 0 Å². The fourth-order valence-corrected chi connectivity index (χ4v) is 2.74. The second kappa shape index (κ2) is 7.34. The number of methoxy groups -OCH3 is 1. The smallest absolute Gasteiger partial charge is 0.228 e. The maximum atomic E-state index is 12.4. The quantitative estimate of drug-likeness (QED) is 0.846. The van der Waals surface area contributed by atoms with Gasteiger partial charge in [0.15, 0.2) is 0 Å². The minimum Gasteiger partial charge on any atom is -0.495 e. The molecule has 0 aliphatic heterocycles. The molecule has 0 spiro atoms. The van der Waals surface area contributed by atoms with Crippen LogP contribution in [0.4, 0.5) is 5.69 Å². The van der Waals surface area contributed by atoms with Crippen molar-refractivity contribution in [1.82, 2.24) is 10.3 Å². The Bertz CT molecular complexity index is 777. The molecule has 130 valence electrons. The van der Waals surface area contributed by atoms with E-state index in [1.807, 2.05) is 37.3 Å². The number of carbonyl (C=O) groups is 2. The summed E-state index contributed by atoms with van der Waals surface area (Å²) in [4.78, 5) is 28.5. The van der Waals surface area contributed by atoms with E-state index in [1.165, 1.54) is 0 Å². The number of amides is 2. The van der Waals surface area contributed by atoms with Crippen LogP contribution in [-0.2, 0) is 16.1 Å². The summed E-state index contributed by atoms with van der Waals surface area (Å²) >= 11 is 0. The second-order valence-corrected chi connectivity index (χ2v) is 6.21. The van der Waals surface area contributed by atoms with E-state index < -0.39 is 0 Å². The first-order valence-electron chi connectivity index (χ1n) is 8.20. The van der Waals surface area contributed by atoms with Gasteiger partial charge in [0.2, 0.25) is 11.8 Å². The van der Waals surface area contributed by atoms with E-state index in [0.29, 0.717) is 24.4 Å². The molecule has 1 aromatic heterocycles. The molecule has 0 radical (unpaired) electrons. The fraction of sp³-hybridized carbons (Fsp3) is 0.316. The molecule has 3 rings (SSSR count). The zero-order valence-electron chi connectivity index (χ0n) is 14.3. The lowest BCUT2D eigenvalue weighted by molar-refractivity contribution is -0.125. The highest BCUT2D eigenvalue weighted by Gasteiger charge is 2.48. The molecule has 2 aromatic rings. The number of hydrogen-bond acceptors (Lipinski definition) is 4. The number of nitrogens with one attached hydrogen (secondary N) is 2. The number of carbonyl (C=O) groups excluding carboxylic acids is 2. The molecule has 1 aliphatic carbocycles. The van der Waals surface area contributed by atoms with Gasteiger partial charge in [-0.3, -0.25) is 14.6 Å². The van der Waals surface area contributed by atoms with Crippen LogP contribution in [0.1, 0.15) is 17.5 Å². The first-order valence-corrected chi connectivity index (χ1v) is 8.20. The number of aromatic nitrogens is 1. The molecule has 2 atom stereocenters. The summed E-state index contributed by atoms with van der Waals surface area (Å²) in [5.74, 6) is -0.181. The van der Waals surface area contributed by atoms with Crippen LogP contribution >= 0.6 is 0 Å². The van der Waals surface area contributed by atoms with E-state index in [0.717, 1.165) is 11.1 Å². The average molecular weight is 339 g/mol. The molecule has 2 N–H and O–H groups in total. The summed E-state index contributed by atoms with van der Waals surface area (Å²) in [5, 5.41) is 5.74. The predicted octanol–water partition coefficient (Wildman–Crippen LogP) is 2.29. The van der Waals surface area contributed by atoms with Crippen molar-refractivity contribution in [2.75, 3.05) is 12.4 Å². The van der Waals surface area contributed by atoms with Gasteiger partial charge in [0.1, 0.15) is 5.75 Å². The zero-order valence-corrected chi connectivity index (χ0v) is 14.3. The second-order valence-electron chi connectivity index (χ2n) is 6.21. The maximum absolute atomic E-state index is 12.4. The van der Waals surface area contributed by atoms with E-state index in [9.17, 15) is 9.59 Å². The van der Waals surface area contributed by atoms with Crippen LogP contribution in [0, 0.1) is 18.8 Å². The van der Waals surface area contributed by atoms with Gasteiger partial charge < -0.3 is 15.4 Å². The van der Waals surface area contributed by atoms with Crippen molar-refractivity contribution < 1.29 is 14.3 Å². The minimum atomic E-state index is -0.289. The number of rotatable bonds is 6. The van der Waals surface area contributed by atoms with Crippen LogP contribution in [0.2, 0.25) is 0 Å². The standard InChI is InChI=1S/C19H21N3O3/c1-12-3-4-17(25-2)16(9-12)22-19(24)15-10-14(15)18(23)21-11-13-5-7-20-8-6-13/h3-9,14-15H,10-11H2,1-2H3,(H,21,23)(H,22,24). The van der Waals surface area contributed by atoms with Gasteiger partial charge in [-0.15, -0.1) is 0 Å². The highest BCUT2D eigenvalue weighted by molar-refractivity contribution is 6.00. The van der Waals surface area contributed by atoms with Gasteiger partial charge in [0, 0.05) is 18.9 Å². The van der Waals surface area contributed by atoms with E-state index in [1.54, 1.807) is 19.5 Å². The first-order chi connectivity index (χ1) is 12.1. The number of hydrogen-bond donors (Lipinski definition) is 2. The number of anilines is 1. The van der Waals surface area contributed by atoms with Crippen molar-refractivity contribution in [3.63, 3.8) is 0 Å². The number of ether oxygens (including phenoxy) is 1. The Hall–Kier alpha value is -2.89. The third-order valence-corrected chi connectivity index (χ3v) is 4.29. The van der Waals surface area contributed by atoms with Crippen LogP contribution < -0.4 is 15.4 Å². The monoisotopic (exact) mass is 339 g/mol. The summed E-state index contributed by atoms with van der Waals surface area (Å²) < 4.78 is 5.26. The summed E-state index contributed by atoms with van der Waals surface area (Å²) in [6.45, 7) is 2.39. The topological polar surface area (TPSA) is 80.3 Å². The molecule has 1 saturated carbocycles. The lowest BCUT2D eigenvalue weighted by Gasteiger charge is -2.11. The summed E-state index contributed by atoms with van der Waals surface area (Å²) in [6.07, 6.45) is 3.94. The molecule has 6 nitrogen and oxygen atoms in total. The Morgan fingerprint density at radius 2 is 1.88 bits per heavy atom. The predicted molar refractivity (Wildman–Crippen MR) is 94.0 cm³/mol. The molecule has 1 aromatic carbocycles. The normalized spacial score (nSPS) is 18.3. The molecule has 1 fully saturated rings. The lowest BCUT2D eigenvalue weighted by Crippen LogP contribution is -2.27. The molecular formula is C19H21N3O3. The highest BCUT2D eigenvalue weighted by atomic mass is 16.5. The Morgan fingerprint density at radius 3 is 2.60 bits per heavy atom. The molecule has 1 heterocycles. The Balaban J connectivity index is 1.53. The summed E-state index contributed by atoms with van der Waals surface area (Å²) in [6, 6.07) is 9.29. The van der Waals surface area contributed by atoms with Gasteiger partial charge in [-0.1, -0.05) is 6.07 Å². The number of benzene rings is 1. The third-order valence-electron chi connectivity index (χ3n) is 4.29. The van der Waals surface area contributed by atoms with E-state index in [-0.39, 0.29) is 23.7 Å². The van der Waals surface area contributed by atoms with Gasteiger partial charge in [0.05, 0.1) is 24.6 Å². The van der Waals surface area contributed by atoms with Gasteiger partial charge in [0.25, 0.3) is 0 Å². The molecule has 2 unspecified atom stereocenters. The summed E-state index contributed by atoms with van der Waals surface area (Å²) in [5.41, 5.74) is 2.64. The maximum Gasteiger partial charge on any atom is 0.228 e. The third kappa shape index (κ3) is 4.15. The van der Waals surface area contributed by atoms with Gasteiger partial charge in [-0.25, -0.2) is 0 Å². The molecule has 25 heavy (non-hydrogen) atoms. The van der Waals surface area contributed by atoms with Crippen LogP contribution in [-0.4, -0.2) is 23.9 Å². The number of pyridine rings is 1. The first kappa shape index (κ1) is 17.0. The fourth-order valence-electron chi connectivity index (χ4n) is 2.74. The van der Waals surface area contributed by atoms with E-state index in [2.05, 4.69) is 15.6 Å². The van der Waals surface area contributed by atoms with Crippen LogP contribution in [0.25, 0.3) is 0 Å². The van der Waals surface area contributed by atoms with Crippen LogP contribution in [0.5, 0.6) is 5.75 Å². The number of aryl methyl sites for hydroxylation is 1. The summed E-state index contributed by atoms with van der Waals surface area (Å²) in [7, 11) is 1.56. The molecule has 0 saturated heterocycles. The minimum absolute atomic E-state index is 0.0897. The largest absolute Gasteiger partial charge is 0.495 e. The van der Waals surface area contributed by atoms with Crippen molar-refractivity contribution in [1.29, 1.82) is 0 Å². The average Bonchev–Trinajstić information content (AvgIpc) is 3.42. The molecule has 6 heteroatoms. The van der Waals surface area contributed by atoms with Crippen LogP contribution in [0.15, 0.2) is 42.7 Å². The molecular weight excluding hydrogens is 318 g/mol. The van der Waals surface area contributed by atoms with Crippen molar-refractivity contribution >= 4 is 17.5 Å². The Labute approximate surface area is 146 Å². The zero-order chi connectivity index (χ0) is 17.8. The highest BCUT2D eigenvalue weighted by Crippen LogP contribution is 2.40. The molecule has 1 aliphatic rings. The lowest BCUT2D eigenvalue weighted by atomic mass is 10.2. The molecule has 2 amide bonds. The molecule has 0 bridgehead atoms. The van der Waals surface area contributed by atoms with E-state index in [4.69, 9.17) is 4.74 Å². The van der Waals surface area contributed by atoms with Crippen molar-refractivity contribution in [3.8, 4) is 5.75 Å². The van der Waals surface area contributed by atoms with Gasteiger partial charge >= 0.3 is 0 Å². The Morgan fingerprint density at radius 1 is 1.16 bits per heavy atom. The van der Waals surface area contributed by atoms with Crippen LogP contribution in [0.3, 0.4) is 0 Å². The number of nitrogens with zero attached hydrogens (tertiary/aromatic N) is 1. The Kier molecular flexibility index (Phi) is 4.97. The van der Waals surface area contributed by atoms with E-state index >= 15 is 0 Å². The van der Waals surface area contributed by atoms with Crippen molar-refractivity contribution in [3.05, 3.63) is 53.9 Å². The van der Waals surface area contributed by atoms with Crippen molar-refractivity contribution in [2.45, 2.75) is 19.9 Å². The SMILES string of the molecule is COc1ccc(C)cc1NC(=O)C1CC1C(=O)NCc1ccncc1.